The van der Waals surface area contributed by atoms with E-state index in [-0.39, 0.29) is 11.1 Å². The molecule has 1 saturated heterocycles. The van der Waals surface area contributed by atoms with Gasteiger partial charge in [-0.1, -0.05) is 47.5 Å². The monoisotopic (exact) mass is 441 g/mol. The minimum Gasteiger partial charge on any atom is -0.310 e. The Bertz CT molecular complexity index is 1190. The van der Waals surface area contributed by atoms with Crippen LogP contribution in [0.4, 0.5) is 4.79 Å². The Morgan fingerprint density at radius 2 is 1.64 bits per heavy atom. The van der Waals surface area contributed by atoms with Gasteiger partial charge in [0.2, 0.25) is 0 Å². The third-order valence-corrected chi connectivity index (χ3v) is 6.22. The number of benzene rings is 2. The Morgan fingerprint density at radius 1 is 0.909 bits per heavy atom. The number of pyridine rings is 1. The van der Waals surface area contributed by atoms with E-state index in [0.29, 0.717) is 35.3 Å². The molecule has 3 aromatic rings. The summed E-state index contributed by atoms with van der Waals surface area (Å²) < 4.78 is 0. The molecule has 0 aliphatic carbocycles. The fourth-order valence-corrected chi connectivity index (χ4v) is 4.40. The van der Waals surface area contributed by atoms with Gasteiger partial charge in [0.25, 0.3) is 11.8 Å². The first-order valence-electron chi connectivity index (χ1n) is 11.0. The SMILES string of the molecule is O=C(ON1C(=O)c2ccc(-c3ccccn3)cc2C1=O)N1CCC(Cc2ccccc2)CC1. The Labute approximate surface area is 191 Å². The average molecular weight is 441 g/mol. The molecule has 0 atom stereocenters. The van der Waals surface area contributed by atoms with Crippen LogP contribution in [0.2, 0.25) is 0 Å². The third-order valence-electron chi connectivity index (χ3n) is 6.22. The van der Waals surface area contributed by atoms with Crippen molar-refractivity contribution < 1.29 is 19.2 Å². The second-order valence-electron chi connectivity index (χ2n) is 8.36. The number of piperidine rings is 1. The lowest BCUT2D eigenvalue weighted by Crippen LogP contribution is -2.43. The van der Waals surface area contributed by atoms with Crippen LogP contribution in [0, 0.1) is 5.92 Å². The van der Waals surface area contributed by atoms with E-state index in [2.05, 4.69) is 17.1 Å². The van der Waals surface area contributed by atoms with Crippen molar-refractivity contribution >= 4 is 17.9 Å². The molecule has 0 saturated carbocycles. The van der Waals surface area contributed by atoms with E-state index in [1.807, 2.05) is 30.3 Å². The molecule has 1 fully saturated rings. The number of hydroxylamine groups is 2. The summed E-state index contributed by atoms with van der Waals surface area (Å²) in [5, 5.41) is 0.575. The molecule has 3 heterocycles. The van der Waals surface area contributed by atoms with Gasteiger partial charge < -0.3 is 9.74 Å². The van der Waals surface area contributed by atoms with Crippen LogP contribution in [0.3, 0.4) is 0 Å². The van der Waals surface area contributed by atoms with E-state index in [1.54, 1.807) is 35.4 Å². The second-order valence-corrected chi connectivity index (χ2v) is 8.36. The first-order chi connectivity index (χ1) is 16.1. The Kier molecular flexibility index (Phi) is 5.60. The molecule has 3 amide bonds. The van der Waals surface area contributed by atoms with Crippen LogP contribution < -0.4 is 0 Å². The van der Waals surface area contributed by atoms with Gasteiger partial charge in [-0.2, -0.15) is 0 Å². The maximum absolute atomic E-state index is 12.9. The summed E-state index contributed by atoms with van der Waals surface area (Å²) in [4.78, 5) is 49.4. The minimum absolute atomic E-state index is 0.206. The highest BCUT2D eigenvalue weighted by molar-refractivity contribution is 6.21. The fourth-order valence-electron chi connectivity index (χ4n) is 4.40. The van der Waals surface area contributed by atoms with Crippen LogP contribution >= 0.6 is 0 Å². The Hall–Kier alpha value is -4.00. The number of carbonyl (C=O) groups is 3. The average Bonchev–Trinajstić information content (AvgIpc) is 3.10. The van der Waals surface area contributed by atoms with E-state index in [4.69, 9.17) is 4.84 Å². The van der Waals surface area contributed by atoms with E-state index in [0.717, 1.165) is 19.3 Å². The van der Waals surface area contributed by atoms with Crippen molar-refractivity contribution in [3.05, 3.63) is 89.6 Å². The minimum atomic E-state index is -0.674. The van der Waals surface area contributed by atoms with Crippen LogP contribution in [0.5, 0.6) is 0 Å². The topological polar surface area (TPSA) is 79.8 Å². The van der Waals surface area contributed by atoms with E-state index in [9.17, 15) is 14.4 Å². The molecule has 1 aromatic heterocycles. The molecule has 0 bridgehead atoms. The number of nitrogens with zero attached hydrogens (tertiary/aromatic N) is 3. The number of hydrogen-bond acceptors (Lipinski definition) is 5. The van der Waals surface area contributed by atoms with Gasteiger partial charge >= 0.3 is 6.09 Å². The van der Waals surface area contributed by atoms with Crippen molar-refractivity contribution in [1.82, 2.24) is 14.9 Å². The van der Waals surface area contributed by atoms with Crippen LogP contribution in [0.25, 0.3) is 11.3 Å². The lowest BCUT2D eigenvalue weighted by atomic mass is 9.90. The summed E-state index contributed by atoms with van der Waals surface area (Å²) in [6, 6.07) is 20.7. The molecule has 33 heavy (non-hydrogen) atoms. The summed E-state index contributed by atoms with van der Waals surface area (Å²) in [5.74, 6) is -0.782. The number of hydrogen-bond donors (Lipinski definition) is 0. The maximum atomic E-state index is 12.9. The van der Waals surface area contributed by atoms with Gasteiger partial charge in [0.15, 0.2) is 0 Å². The molecule has 166 valence electrons. The standard InChI is InChI=1S/C26H23N3O4/c30-24-21-10-9-20(23-8-4-5-13-27-23)17-22(21)25(31)29(24)33-26(32)28-14-11-19(12-15-28)16-18-6-2-1-3-7-18/h1-10,13,17,19H,11-12,14-16H2. The number of fused-ring (bicyclic) bond motifs is 1. The molecule has 5 rings (SSSR count). The zero-order valence-corrected chi connectivity index (χ0v) is 18.0. The number of likely N-dealkylation sites (tertiary alicyclic amines) is 1. The van der Waals surface area contributed by atoms with Gasteiger partial charge in [0.05, 0.1) is 16.8 Å². The van der Waals surface area contributed by atoms with Crippen LogP contribution in [-0.2, 0) is 11.3 Å². The van der Waals surface area contributed by atoms with E-state index in [1.165, 1.54) is 5.56 Å². The molecule has 7 nitrogen and oxygen atoms in total. The summed E-state index contributed by atoms with van der Waals surface area (Å²) in [6.07, 6.45) is 3.65. The summed E-state index contributed by atoms with van der Waals surface area (Å²) >= 11 is 0. The van der Waals surface area contributed by atoms with Crippen LogP contribution in [0.1, 0.15) is 39.1 Å². The molecule has 7 heteroatoms. The molecule has 2 aromatic carbocycles. The van der Waals surface area contributed by atoms with Gasteiger partial charge in [-0.3, -0.25) is 14.6 Å². The molecular weight excluding hydrogens is 418 g/mol. The number of aromatic nitrogens is 1. The Balaban J connectivity index is 1.22. The first-order valence-corrected chi connectivity index (χ1v) is 11.0. The van der Waals surface area contributed by atoms with Gasteiger partial charge in [-0.05, 0) is 55.0 Å². The van der Waals surface area contributed by atoms with Crippen molar-refractivity contribution in [2.75, 3.05) is 13.1 Å². The van der Waals surface area contributed by atoms with Gasteiger partial charge in [-0.25, -0.2) is 4.79 Å². The third kappa shape index (κ3) is 4.22. The summed E-state index contributed by atoms with van der Waals surface area (Å²) in [7, 11) is 0. The van der Waals surface area contributed by atoms with Crippen LogP contribution in [0.15, 0.2) is 72.9 Å². The normalized spacial score (nSPS) is 16.1. The number of rotatable bonds is 4. The summed E-state index contributed by atoms with van der Waals surface area (Å²) in [5.41, 5.74) is 3.11. The van der Waals surface area contributed by atoms with E-state index < -0.39 is 17.9 Å². The van der Waals surface area contributed by atoms with Crippen molar-refractivity contribution in [2.24, 2.45) is 5.92 Å². The number of imide groups is 1. The van der Waals surface area contributed by atoms with Crippen molar-refractivity contribution in [2.45, 2.75) is 19.3 Å². The van der Waals surface area contributed by atoms with Gasteiger partial charge in [0, 0.05) is 24.8 Å². The lowest BCUT2D eigenvalue weighted by molar-refractivity contribution is -0.0594. The zero-order chi connectivity index (χ0) is 22.8. The number of carbonyl (C=O) groups excluding carboxylic acids is 3. The highest BCUT2D eigenvalue weighted by atomic mass is 16.7. The molecule has 0 N–H and O–H groups in total. The molecule has 2 aliphatic rings. The fraction of sp³-hybridized carbons (Fsp3) is 0.231. The van der Waals surface area contributed by atoms with Gasteiger partial charge in [0.1, 0.15) is 0 Å². The highest BCUT2D eigenvalue weighted by Crippen LogP contribution is 2.29. The molecular formula is C26H23N3O4. The summed E-state index contributed by atoms with van der Waals surface area (Å²) in [6.45, 7) is 1.06. The first kappa shape index (κ1) is 20.9. The predicted molar refractivity (Wildman–Crippen MR) is 121 cm³/mol. The lowest BCUT2D eigenvalue weighted by Gasteiger charge is -2.31. The van der Waals surface area contributed by atoms with Gasteiger partial charge in [-0.15, -0.1) is 0 Å². The maximum Gasteiger partial charge on any atom is 0.434 e. The molecule has 2 aliphatic heterocycles. The highest BCUT2D eigenvalue weighted by Gasteiger charge is 2.40. The van der Waals surface area contributed by atoms with Crippen LogP contribution in [-0.4, -0.2) is 45.9 Å². The second kappa shape index (κ2) is 8.86. The van der Waals surface area contributed by atoms with Crippen molar-refractivity contribution in [1.29, 1.82) is 0 Å². The van der Waals surface area contributed by atoms with E-state index >= 15 is 0 Å². The molecule has 0 unspecified atom stereocenters. The van der Waals surface area contributed by atoms with Crippen molar-refractivity contribution in [3.63, 3.8) is 0 Å². The Morgan fingerprint density at radius 3 is 2.36 bits per heavy atom. The van der Waals surface area contributed by atoms with Crippen molar-refractivity contribution in [3.8, 4) is 11.3 Å². The zero-order valence-electron chi connectivity index (χ0n) is 18.0. The smallest absolute Gasteiger partial charge is 0.310 e. The largest absolute Gasteiger partial charge is 0.434 e. The molecule has 0 radical (unpaired) electrons. The predicted octanol–water partition coefficient (Wildman–Crippen LogP) is 4.35. The number of amides is 3. The molecule has 0 spiro atoms. The quantitative estimate of drug-likeness (QED) is 0.563.